The van der Waals surface area contributed by atoms with Crippen molar-refractivity contribution in [2.45, 2.75) is 13.5 Å². The van der Waals surface area contributed by atoms with Crippen molar-refractivity contribution in [1.82, 2.24) is 9.78 Å². The predicted octanol–water partition coefficient (Wildman–Crippen LogP) is 5.60. The Morgan fingerprint density at radius 1 is 1.31 bits per heavy atom. The largest absolute Gasteiger partial charge is 0.455 e. The number of aryl methyl sites for hydroxylation is 1. The fourth-order valence-corrected chi connectivity index (χ4v) is 3.19. The van der Waals surface area contributed by atoms with Crippen LogP contribution in [0.15, 0.2) is 47.1 Å². The molecule has 0 aliphatic carbocycles. The third-order valence-electron chi connectivity index (χ3n) is 3.70. The van der Waals surface area contributed by atoms with Crippen molar-refractivity contribution < 1.29 is 14.5 Å². The molecule has 0 bridgehead atoms. The third-order valence-corrected chi connectivity index (χ3v) is 5.01. The van der Waals surface area contributed by atoms with Crippen molar-refractivity contribution in [2.24, 2.45) is 0 Å². The van der Waals surface area contributed by atoms with Gasteiger partial charge in [-0.1, -0.05) is 23.2 Å². The van der Waals surface area contributed by atoms with E-state index in [4.69, 9.17) is 27.9 Å². The van der Waals surface area contributed by atoms with Gasteiger partial charge in [-0.05, 0) is 41.1 Å². The number of nitrogens with one attached hydrogen (secondary N) is 1. The molecule has 0 aliphatic rings. The maximum Gasteiger partial charge on any atom is 0.275 e. The molecular weight excluding hydrogens is 487 g/mol. The summed E-state index contributed by atoms with van der Waals surface area (Å²) in [6, 6.07) is 8.53. The number of hydrogen-bond acceptors (Lipinski definition) is 5. The number of carbonyl (C=O) groups excluding carboxylic acids is 1. The number of anilines is 1. The maximum absolute atomic E-state index is 12.3. The third kappa shape index (κ3) is 5.47. The summed E-state index contributed by atoms with van der Waals surface area (Å²) in [6.07, 6.45) is 1.67. The number of hydrogen-bond donors (Lipinski definition) is 1. The monoisotopic (exact) mass is 498 g/mol. The van der Waals surface area contributed by atoms with Crippen LogP contribution in [0.2, 0.25) is 10.0 Å². The van der Waals surface area contributed by atoms with Gasteiger partial charge in [0.1, 0.15) is 18.0 Å². The molecule has 8 nitrogen and oxygen atoms in total. The van der Waals surface area contributed by atoms with Crippen molar-refractivity contribution in [1.29, 1.82) is 0 Å². The highest BCUT2D eigenvalue weighted by Gasteiger charge is 2.15. The topological polar surface area (TPSA) is 99.3 Å². The van der Waals surface area contributed by atoms with Gasteiger partial charge in [0, 0.05) is 23.4 Å². The molecule has 0 radical (unpaired) electrons. The first-order valence-electron chi connectivity index (χ1n) is 8.13. The second kappa shape index (κ2) is 8.81. The Hall–Kier alpha value is -2.62. The summed E-state index contributed by atoms with van der Waals surface area (Å²) in [5.41, 5.74) is 0.691. The summed E-state index contributed by atoms with van der Waals surface area (Å²) >= 11 is 15.3. The zero-order valence-electron chi connectivity index (χ0n) is 14.9. The molecule has 0 aliphatic heterocycles. The number of nitro groups is 1. The van der Waals surface area contributed by atoms with E-state index in [9.17, 15) is 14.9 Å². The van der Waals surface area contributed by atoms with E-state index >= 15 is 0 Å². The summed E-state index contributed by atoms with van der Waals surface area (Å²) in [6.45, 7) is 1.74. The Labute approximate surface area is 183 Å². The summed E-state index contributed by atoms with van der Waals surface area (Å²) in [4.78, 5) is 23.0. The second-order valence-electron chi connectivity index (χ2n) is 5.96. The van der Waals surface area contributed by atoms with E-state index in [-0.39, 0.29) is 34.4 Å². The van der Waals surface area contributed by atoms with E-state index in [1.54, 1.807) is 25.3 Å². The average Bonchev–Trinajstić information content (AvgIpc) is 2.94. The van der Waals surface area contributed by atoms with Crippen LogP contribution in [0.25, 0.3) is 0 Å². The van der Waals surface area contributed by atoms with E-state index < -0.39 is 10.8 Å². The van der Waals surface area contributed by atoms with E-state index in [1.165, 1.54) is 28.9 Å². The van der Waals surface area contributed by atoms with Crippen molar-refractivity contribution >= 4 is 56.4 Å². The minimum absolute atomic E-state index is 0.0612. The SMILES string of the molecule is Cc1nn(CC(=O)Nc2cc(Oc3ccc(Cl)cc3Cl)cc([N+](=O)[O-])c2)cc1Br. The van der Waals surface area contributed by atoms with Crippen LogP contribution in [0.1, 0.15) is 5.69 Å². The number of nitrogens with zero attached hydrogens (tertiary/aromatic N) is 3. The average molecular weight is 500 g/mol. The smallest absolute Gasteiger partial charge is 0.275 e. The summed E-state index contributed by atoms with van der Waals surface area (Å²) in [7, 11) is 0. The molecule has 1 heterocycles. The lowest BCUT2D eigenvalue weighted by molar-refractivity contribution is -0.384. The van der Waals surface area contributed by atoms with Crippen LogP contribution in [0.3, 0.4) is 0 Å². The Morgan fingerprint density at radius 3 is 2.69 bits per heavy atom. The molecule has 1 N–H and O–H groups in total. The predicted molar refractivity (Wildman–Crippen MR) is 113 cm³/mol. The number of halogens is 3. The summed E-state index contributed by atoms with van der Waals surface area (Å²) < 4.78 is 7.87. The van der Waals surface area contributed by atoms with Crippen LogP contribution in [0.5, 0.6) is 11.5 Å². The molecular formula is C18H13BrCl2N4O4. The van der Waals surface area contributed by atoms with Crippen molar-refractivity contribution in [2.75, 3.05) is 5.32 Å². The van der Waals surface area contributed by atoms with Gasteiger partial charge in [0.15, 0.2) is 0 Å². The molecule has 0 atom stereocenters. The molecule has 29 heavy (non-hydrogen) atoms. The van der Waals surface area contributed by atoms with Crippen LogP contribution in [0, 0.1) is 17.0 Å². The van der Waals surface area contributed by atoms with Crippen LogP contribution in [0.4, 0.5) is 11.4 Å². The van der Waals surface area contributed by atoms with Gasteiger partial charge in [-0.2, -0.15) is 5.10 Å². The summed E-state index contributed by atoms with van der Waals surface area (Å²) in [5.74, 6) is -0.00178. The highest BCUT2D eigenvalue weighted by molar-refractivity contribution is 9.10. The highest BCUT2D eigenvalue weighted by Crippen LogP contribution is 2.34. The number of amides is 1. The van der Waals surface area contributed by atoms with Crippen LogP contribution >= 0.6 is 39.1 Å². The first kappa shape index (κ1) is 21.1. The van der Waals surface area contributed by atoms with E-state index in [2.05, 4.69) is 26.3 Å². The molecule has 1 aromatic heterocycles. The maximum atomic E-state index is 12.3. The Morgan fingerprint density at radius 2 is 2.07 bits per heavy atom. The fourth-order valence-electron chi connectivity index (χ4n) is 2.43. The number of rotatable bonds is 6. The van der Waals surface area contributed by atoms with Gasteiger partial charge in [-0.15, -0.1) is 0 Å². The molecule has 0 spiro atoms. The van der Waals surface area contributed by atoms with Gasteiger partial charge in [0.05, 0.1) is 31.9 Å². The molecule has 0 fully saturated rings. The van der Waals surface area contributed by atoms with Crippen LogP contribution in [-0.4, -0.2) is 20.6 Å². The Bertz CT molecular complexity index is 1080. The van der Waals surface area contributed by atoms with Crippen LogP contribution < -0.4 is 10.1 Å². The molecule has 3 rings (SSSR count). The normalized spacial score (nSPS) is 10.6. The first-order valence-corrected chi connectivity index (χ1v) is 9.68. The van der Waals surface area contributed by atoms with Crippen LogP contribution in [-0.2, 0) is 11.3 Å². The lowest BCUT2D eigenvalue weighted by atomic mass is 10.2. The van der Waals surface area contributed by atoms with Gasteiger partial charge >= 0.3 is 0 Å². The zero-order chi connectivity index (χ0) is 21.1. The Balaban J connectivity index is 1.82. The summed E-state index contributed by atoms with van der Waals surface area (Å²) in [5, 5.41) is 18.7. The number of aromatic nitrogens is 2. The van der Waals surface area contributed by atoms with Crippen molar-refractivity contribution in [3.63, 3.8) is 0 Å². The van der Waals surface area contributed by atoms with E-state index in [1.807, 2.05) is 0 Å². The number of nitro benzene ring substituents is 1. The fraction of sp³-hybridized carbons (Fsp3) is 0.111. The van der Waals surface area contributed by atoms with Crippen molar-refractivity contribution in [3.05, 3.63) is 72.9 Å². The molecule has 11 heteroatoms. The van der Waals surface area contributed by atoms with Gasteiger partial charge < -0.3 is 10.1 Å². The standard InChI is InChI=1S/C18H13BrCl2N4O4/c1-10-15(19)8-24(23-10)9-18(26)22-12-5-13(25(27)28)7-14(6-12)29-17-3-2-11(20)4-16(17)21/h2-8H,9H2,1H3,(H,22,26). The number of benzene rings is 2. The van der Waals surface area contributed by atoms with Gasteiger partial charge in [0.25, 0.3) is 5.69 Å². The molecule has 150 valence electrons. The highest BCUT2D eigenvalue weighted by atomic mass is 79.9. The van der Waals surface area contributed by atoms with Gasteiger partial charge in [-0.3, -0.25) is 19.6 Å². The van der Waals surface area contributed by atoms with Gasteiger partial charge in [0.2, 0.25) is 5.91 Å². The lowest BCUT2D eigenvalue weighted by Gasteiger charge is -2.11. The minimum Gasteiger partial charge on any atom is -0.455 e. The molecule has 0 saturated heterocycles. The molecule has 1 amide bonds. The first-order chi connectivity index (χ1) is 13.7. The molecule has 0 saturated carbocycles. The lowest BCUT2D eigenvalue weighted by Crippen LogP contribution is -2.19. The number of carbonyl (C=O) groups is 1. The number of non-ortho nitro benzene ring substituents is 1. The van der Waals surface area contributed by atoms with E-state index in [0.29, 0.717) is 5.02 Å². The second-order valence-corrected chi connectivity index (χ2v) is 7.66. The van der Waals surface area contributed by atoms with Crippen molar-refractivity contribution in [3.8, 4) is 11.5 Å². The van der Waals surface area contributed by atoms with E-state index in [0.717, 1.165) is 10.2 Å². The van der Waals surface area contributed by atoms with Gasteiger partial charge in [-0.25, -0.2) is 0 Å². The quantitative estimate of drug-likeness (QED) is 0.351. The number of ether oxygens (including phenoxy) is 1. The molecule has 2 aromatic carbocycles. The Kier molecular flexibility index (Phi) is 6.41. The zero-order valence-corrected chi connectivity index (χ0v) is 18.0. The minimum atomic E-state index is -0.583. The molecule has 3 aromatic rings. The molecule has 0 unspecified atom stereocenters.